The Balaban J connectivity index is 1.67. The molecular weight excluding hydrogens is 580 g/mol. The van der Waals surface area contributed by atoms with Gasteiger partial charge in [0.1, 0.15) is 12.1 Å². The standard InChI is InChI=1S/C33H46N4O6S/c1-22(2)21-37(44(42,43)25-16-14-23(3)15-17-25)29(31(39)40)13-9-10-18-34-30(38)28(36-32(41)33(4,5)6)19-24-20-35-27-12-8-7-11-26(24)27/h7-8,11-12,14-17,20,22,28-29,35H,9-10,13,18-19,21H2,1-6H3,(H,34,38)(H,36,41)(H,39,40)/t28-,29-/m0/s1. The Labute approximate surface area is 260 Å². The van der Waals surface area contributed by atoms with Crippen molar-refractivity contribution in [3.63, 3.8) is 0 Å². The number of hydrogen-bond donors (Lipinski definition) is 4. The van der Waals surface area contributed by atoms with Crippen molar-refractivity contribution in [2.75, 3.05) is 13.1 Å². The van der Waals surface area contributed by atoms with Crippen LogP contribution in [0.25, 0.3) is 10.9 Å². The molecule has 2 atom stereocenters. The van der Waals surface area contributed by atoms with E-state index in [-0.39, 0.29) is 42.1 Å². The number of carboxylic acid groups (broad SMARTS) is 1. The summed E-state index contributed by atoms with van der Waals surface area (Å²) in [7, 11) is -4.05. The summed E-state index contributed by atoms with van der Waals surface area (Å²) in [5, 5.41) is 16.8. The van der Waals surface area contributed by atoms with E-state index in [0.717, 1.165) is 26.3 Å². The zero-order valence-corrected chi connectivity index (χ0v) is 27.3. The smallest absolute Gasteiger partial charge is 0.322 e. The lowest BCUT2D eigenvalue weighted by Gasteiger charge is -2.29. The maximum absolute atomic E-state index is 13.5. The van der Waals surface area contributed by atoms with E-state index in [0.29, 0.717) is 19.3 Å². The number of rotatable bonds is 15. The van der Waals surface area contributed by atoms with Crippen molar-refractivity contribution in [2.45, 2.75) is 84.2 Å². The predicted octanol–water partition coefficient (Wildman–Crippen LogP) is 4.64. The number of sulfonamides is 1. The topological polar surface area (TPSA) is 149 Å². The van der Waals surface area contributed by atoms with Crippen LogP contribution in [-0.2, 0) is 30.8 Å². The monoisotopic (exact) mass is 626 g/mol. The molecule has 2 amide bonds. The highest BCUT2D eigenvalue weighted by molar-refractivity contribution is 7.89. The molecule has 2 aromatic carbocycles. The van der Waals surface area contributed by atoms with Crippen LogP contribution in [0, 0.1) is 18.3 Å². The van der Waals surface area contributed by atoms with Crippen molar-refractivity contribution in [3.05, 3.63) is 65.9 Å². The second kappa shape index (κ2) is 14.9. The van der Waals surface area contributed by atoms with Crippen LogP contribution in [0.15, 0.2) is 59.6 Å². The number of carboxylic acids is 1. The van der Waals surface area contributed by atoms with Gasteiger partial charge in [-0.3, -0.25) is 14.4 Å². The minimum absolute atomic E-state index is 0.0563. The Bertz CT molecular complexity index is 1540. The van der Waals surface area contributed by atoms with Crippen molar-refractivity contribution < 1.29 is 27.9 Å². The van der Waals surface area contributed by atoms with E-state index in [2.05, 4.69) is 15.6 Å². The first-order valence-corrected chi connectivity index (χ1v) is 16.5. The molecule has 11 heteroatoms. The fourth-order valence-corrected chi connectivity index (χ4v) is 6.67. The van der Waals surface area contributed by atoms with Crippen molar-refractivity contribution >= 4 is 38.7 Å². The number of aromatic amines is 1. The predicted molar refractivity (Wildman–Crippen MR) is 172 cm³/mol. The normalized spacial score (nSPS) is 13.6. The summed E-state index contributed by atoms with van der Waals surface area (Å²) in [4.78, 5) is 41.7. The average Bonchev–Trinajstić information content (AvgIpc) is 3.35. The Hall–Kier alpha value is -3.70. The molecule has 0 saturated carbocycles. The number of aromatic nitrogens is 1. The Morgan fingerprint density at radius 3 is 2.27 bits per heavy atom. The van der Waals surface area contributed by atoms with Crippen LogP contribution in [0.2, 0.25) is 0 Å². The number of carbonyl (C=O) groups is 3. The molecule has 1 heterocycles. The summed E-state index contributed by atoms with van der Waals surface area (Å²) in [6.45, 7) is 11.2. The van der Waals surface area contributed by atoms with Gasteiger partial charge in [0, 0.05) is 42.0 Å². The third kappa shape index (κ3) is 9.15. The first-order valence-electron chi connectivity index (χ1n) is 15.1. The number of H-pyrrole nitrogens is 1. The first kappa shape index (κ1) is 34.8. The van der Waals surface area contributed by atoms with Crippen LogP contribution < -0.4 is 10.6 Å². The number of carbonyl (C=O) groups excluding carboxylic acids is 2. The Morgan fingerprint density at radius 2 is 1.66 bits per heavy atom. The van der Waals surface area contributed by atoms with Crippen molar-refractivity contribution in [2.24, 2.45) is 11.3 Å². The third-order valence-electron chi connectivity index (χ3n) is 7.41. The second-order valence-electron chi connectivity index (χ2n) is 12.8. The minimum atomic E-state index is -4.05. The molecular formula is C33H46N4O6S. The quantitative estimate of drug-likeness (QED) is 0.181. The van der Waals surface area contributed by atoms with E-state index < -0.39 is 33.5 Å². The summed E-state index contributed by atoms with van der Waals surface area (Å²) in [6.07, 6.45) is 3.02. The number of unbranched alkanes of at least 4 members (excludes halogenated alkanes) is 1. The van der Waals surface area contributed by atoms with Crippen molar-refractivity contribution in [3.8, 4) is 0 Å². The van der Waals surface area contributed by atoms with Crippen molar-refractivity contribution in [1.29, 1.82) is 0 Å². The van der Waals surface area contributed by atoms with Gasteiger partial charge in [-0.1, -0.05) is 70.5 Å². The summed E-state index contributed by atoms with van der Waals surface area (Å²) >= 11 is 0. The van der Waals surface area contributed by atoms with Gasteiger partial charge in [-0.2, -0.15) is 4.31 Å². The lowest BCUT2D eigenvalue weighted by Crippen LogP contribution is -2.51. The van der Waals surface area contributed by atoms with Gasteiger partial charge in [0.25, 0.3) is 0 Å². The van der Waals surface area contributed by atoms with Gasteiger partial charge in [0.15, 0.2) is 0 Å². The molecule has 0 saturated heterocycles. The van der Waals surface area contributed by atoms with Gasteiger partial charge in [-0.15, -0.1) is 0 Å². The second-order valence-corrected chi connectivity index (χ2v) is 14.7. The molecule has 10 nitrogen and oxygen atoms in total. The van der Waals surface area contributed by atoms with E-state index >= 15 is 0 Å². The fraction of sp³-hybridized carbons (Fsp3) is 0.485. The molecule has 0 aliphatic rings. The Morgan fingerprint density at radius 1 is 1.00 bits per heavy atom. The van der Waals surface area contributed by atoms with Gasteiger partial charge < -0.3 is 20.7 Å². The number of hydrogen-bond acceptors (Lipinski definition) is 5. The zero-order chi connectivity index (χ0) is 32.7. The molecule has 0 fully saturated rings. The largest absolute Gasteiger partial charge is 0.480 e. The van der Waals surface area contributed by atoms with E-state index in [1.165, 1.54) is 12.1 Å². The van der Waals surface area contributed by atoms with Gasteiger partial charge in [0.2, 0.25) is 21.8 Å². The summed E-state index contributed by atoms with van der Waals surface area (Å²) in [5.74, 6) is -1.89. The highest BCUT2D eigenvalue weighted by atomic mass is 32.2. The van der Waals surface area contributed by atoms with E-state index in [4.69, 9.17) is 0 Å². The highest BCUT2D eigenvalue weighted by Crippen LogP contribution is 2.24. The van der Waals surface area contributed by atoms with Crippen LogP contribution in [0.3, 0.4) is 0 Å². The van der Waals surface area contributed by atoms with Gasteiger partial charge in [-0.05, 0) is 55.9 Å². The molecule has 3 aromatic rings. The van der Waals surface area contributed by atoms with Crippen molar-refractivity contribution in [1.82, 2.24) is 19.9 Å². The molecule has 0 aliphatic heterocycles. The lowest BCUT2D eigenvalue weighted by atomic mass is 9.94. The number of amides is 2. The van der Waals surface area contributed by atoms with Crippen LogP contribution >= 0.6 is 0 Å². The van der Waals surface area contributed by atoms with Gasteiger partial charge in [0.05, 0.1) is 4.90 Å². The van der Waals surface area contributed by atoms with E-state index in [9.17, 15) is 27.9 Å². The number of fused-ring (bicyclic) bond motifs is 1. The maximum atomic E-state index is 13.5. The molecule has 3 rings (SSSR count). The third-order valence-corrected chi connectivity index (χ3v) is 9.30. The van der Waals surface area contributed by atoms with Gasteiger partial charge in [-0.25, -0.2) is 8.42 Å². The summed E-state index contributed by atoms with van der Waals surface area (Å²) in [6, 6.07) is 12.1. The number of benzene rings is 2. The fourth-order valence-electron chi connectivity index (χ4n) is 4.89. The molecule has 240 valence electrons. The molecule has 4 N–H and O–H groups in total. The maximum Gasteiger partial charge on any atom is 0.322 e. The van der Waals surface area contributed by atoms with Crippen LogP contribution in [-0.4, -0.2) is 65.8 Å². The number of para-hydroxylation sites is 1. The average molecular weight is 627 g/mol. The lowest BCUT2D eigenvalue weighted by molar-refractivity contribution is -0.142. The van der Waals surface area contributed by atoms with Crippen LogP contribution in [0.5, 0.6) is 0 Å². The number of aliphatic carboxylic acids is 1. The van der Waals surface area contributed by atoms with Gasteiger partial charge >= 0.3 is 5.97 Å². The number of nitrogens with zero attached hydrogens (tertiary/aromatic N) is 1. The first-order chi connectivity index (χ1) is 20.6. The summed E-state index contributed by atoms with van der Waals surface area (Å²) < 4.78 is 28.1. The molecule has 0 spiro atoms. The molecule has 44 heavy (non-hydrogen) atoms. The van der Waals surface area contributed by atoms with Crippen LogP contribution in [0.4, 0.5) is 0 Å². The summed E-state index contributed by atoms with van der Waals surface area (Å²) in [5.41, 5.74) is 2.05. The van der Waals surface area contributed by atoms with E-state index in [1.807, 2.05) is 51.2 Å². The zero-order valence-electron chi connectivity index (χ0n) is 26.5. The molecule has 0 radical (unpaired) electrons. The molecule has 1 aromatic heterocycles. The highest BCUT2D eigenvalue weighted by Gasteiger charge is 2.36. The Kier molecular flexibility index (Phi) is 11.7. The van der Waals surface area contributed by atoms with E-state index in [1.54, 1.807) is 32.9 Å². The number of aryl methyl sites for hydroxylation is 1. The SMILES string of the molecule is Cc1ccc(S(=O)(=O)N(CC(C)C)[C@@H](CCCCNC(=O)[C@H](Cc2c[nH]c3ccccc23)NC(=O)C(C)(C)C)C(=O)O)cc1. The molecule has 0 aliphatic carbocycles. The molecule has 0 unspecified atom stereocenters. The number of nitrogens with one attached hydrogen (secondary N) is 3. The van der Waals surface area contributed by atoms with Crippen LogP contribution in [0.1, 0.15) is 65.0 Å². The minimum Gasteiger partial charge on any atom is -0.480 e. The molecule has 0 bridgehead atoms.